The van der Waals surface area contributed by atoms with E-state index in [-0.39, 0.29) is 5.41 Å². The van der Waals surface area contributed by atoms with Gasteiger partial charge in [0, 0.05) is 39.6 Å². The molecule has 7 heteroatoms. The van der Waals surface area contributed by atoms with Crippen molar-refractivity contribution >= 4 is 35.3 Å². The van der Waals surface area contributed by atoms with Crippen LogP contribution in [0.15, 0.2) is 0 Å². The van der Waals surface area contributed by atoms with Crippen LogP contribution in [0.5, 0.6) is 0 Å². The second-order valence-electron chi connectivity index (χ2n) is 7.87. The zero-order valence-electron chi connectivity index (χ0n) is 14.9. The van der Waals surface area contributed by atoms with E-state index in [0.29, 0.717) is 42.2 Å². The summed E-state index contributed by atoms with van der Waals surface area (Å²) in [5, 5.41) is 2.12. The van der Waals surface area contributed by atoms with E-state index in [2.05, 4.69) is 0 Å². The number of thioether (sulfide) groups is 3. The van der Waals surface area contributed by atoms with Gasteiger partial charge in [-0.3, -0.25) is 0 Å². The first-order chi connectivity index (χ1) is 12.3. The Bertz CT molecular complexity index is 332. The van der Waals surface area contributed by atoms with Crippen LogP contribution in [0.2, 0.25) is 0 Å². The van der Waals surface area contributed by atoms with Crippen molar-refractivity contribution in [1.29, 1.82) is 0 Å². The highest BCUT2D eigenvalue weighted by atomic mass is 32.2. The third kappa shape index (κ3) is 7.80. The van der Waals surface area contributed by atoms with Gasteiger partial charge in [0.2, 0.25) is 0 Å². The van der Waals surface area contributed by atoms with Gasteiger partial charge >= 0.3 is 0 Å². The molecule has 3 unspecified atom stereocenters. The van der Waals surface area contributed by atoms with Gasteiger partial charge in [-0.15, -0.1) is 0 Å². The van der Waals surface area contributed by atoms with Gasteiger partial charge in [-0.05, 0) is 18.8 Å². The van der Waals surface area contributed by atoms with Crippen LogP contribution in [0.3, 0.4) is 0 Å². The van der Waals surface area contributed by atoms with E-state index in [4.69, 9.17) is 18.9 Å². The minimum Gasteiger partial charge on any atom is -0.380 e. The molecule has 0 aromatic carbocycles. The van der Waals surface area contributed by atoms with Crippen LogP contribution in [0, 0.1) is 11.3 Å². The van der Waals surface area contributed by atoms with Crippen LogP contribution in [-0.4, -0.2) is 85.9 Å². The molecular weight excluding hydrogens is 376 g/mol. The van der Waals surface area contributed by atoms with Gasteiger partial charge in [0.05, 0.1) is 51.7 Å². The molecule has 0 radical (unpaired) electrons. The molecule has 4 rings (SSSR count). The normalized spacial score (nSPS) is 32.4. The molecule has 3 heterocycles. The number of hydrogen-bond donors (Lipinski definition) is 0. The predicted octanol–water partition coefficient (Wildman–Crippen LogP) is 2.80. The number of hydrogen-bond acceptors (Lipinski definition) is 7. The average molecular weight is 407 g/mol. The van der Waals surface area contributed by atoms with Crippen molar-refractivity contribution < 1.29 is 18.9 Å². The lowest BCUT2D eigenvalue weighted by Crippen LogP contribution is -2.42. The maximum absolute atomic E-state index is 6.09. The van der Waals surface area contributed by atoms with Gasteiger partial charge in [0.25, 0.3) is 0 Å². The van der Waals surface area contributed by atoms with Crippen LogP contribution >= 0.6 is 35.3 Å². The monoisotopic (exact) mass is 406 g/mol. The van der Waals surface area contributed by atoms with Gasteiger partial charge in [0.1, 0.15) is 0 Å². The summed E-state index contributed by atoms with van der Waals surface area (Å²) in [6.07, 6.45) is 2.65. The van der Waals surface area contributed by atoms with E-state index in [0.717, 1.165) is 32.3 Å². The van der Waals surface area contributed by atoms with Gasteiger partial charge in [0.15, 0.2) is 0 Å². The Morgan fingerprint density at radius 1 is 0.600 bits per heavy atom. The standard InChI is InChI=1S/C18H30O4S3/c1-2-14(1)3-19-10-18(11-20-4-15-7-23-15,12-21-5-16-8-24-16)13-22-6-17-9-25-17/h14-17H,1-13H2. The number of ether oxygens (including phenoxy) is 4. The first-order valence-electron chi connectivity index (χ1n) is 9.47. The van der Waals surface area contributed by atoms with E-state index < -0.39 is 0 Å². The van der Waals surface area contributed by atoms with Crippen LogP contribution in [-0.2, 0) is 18.9 Å². The molecule has 4 aliphatic rings. The van der Waals surface area contributed by atoms with Crippen molar-refractivity contribution in [1.82, 2.24) is 0 Å². The molecule has 0 amide bonds. The topological polar surface area (TPSA) is 36.9 Å². The molecule has 4 fully saturated rings. The van der Waals surface area contributed by atoms with Crippen molar-refractivity contribution in [3.05, 3.63) is 0 Å². The van der Waals surface area contributed by atoms with Crippen molar-refractivity contribution in [2.24, 2.45) is 11.3 Å². The molecule has 1 saturated carbocycles. The Morgan fingerprint density at radius 3 is 1.28 bits per heavy atom. The van der Waals surface area contributed by atoms with E-state index in [1.165, 1.54) is 30.1 Å². The van der Waals surface area contributed by atoms with Crippen molar-refractivity contribution in [3.63, 3.8) is 0 Å². The minimum absolute atomic E-state index is 0.159. The lowest BCUT2D eigenvalue weighted by Gasteiger charge is -2.33. The Kier molecular flexibility index (Phi) is 7.22. The number of rotatable bonds is 16. The summed E-state index contributed by atoms with van der Waals surface area (Å²) < 4.78 is 24.3. The first-order valence-corrected chi connectivity index (χ1v) is 12.6. The molecule has 0 N–H and O–H groups in total. The molecule has 25 heavy (non-hydrogen) atoms. The van der Waals surface area contributed by atoms with Gasteiger partial charge in [-0.25, -0.2) is 0 Å². The summed E-state index contributed by atoms with van der Waals surface area (Å²) in [7, 11) is 0. The maximum atomic E-state index is 6.09. The van der Waals surface area contributed by atoms with Crippen molar-refractivity contribution in [2.45, 2.75) is 28.6 Å². The Hall–Kier alpha value is 0.890. The summed E-state index contributed by atoms with van der Waals surface area (Å²) in [5.41, 5.74) is -0.159. The van der Waals surface area contributed by atoms with E-state index in [1.807, 2.05) is 35.3 Å². The smallest absolute Gasteiger partial charge is 0.0637 e. The molecule has 0 aromatic heterocycles. The molecule has 0 bridgehead atoms. The van der Waals surface area contributed by atoms with E-state index in [1.54, 1.807) is 0 Å². The van der Waals surface area contributed by atoms with Crippen LogP contribution in [0.25, 0.3) is 0 Å². The van der Waals surface area contributed by atoms with E-state index >= 15 is 0 Å². The van der Waals surface area contributed by atoms with Gasteiger partial charge in [-0.1, -0.05) is 0 Å². The third-order valence-corrected chi connectivity index (χ3v) is 7.62. The average Bonchev–Trinajstić information content (AvgIpc) is 3.44. The van der Waals surface area contributed by atoms with Crippen LogP contribution in [0.4, 0.5) is 0 Å². The molecule has 4 nitrogen and oxygen atoms in total. The SMILES string of the molecule is C1CC1COCC(COCC1CS1)(COCC1CS1)COCC1CS1. The first kappa shape index (κ1) is 19.2. The maximum Gasteiger partial charge on any atom is 0.0637 e. The Labute approximate surface area is 164 Å². The van der Waals surface area contributed by atoms with Crippen LogP contribution in [0.1, 0.15) is 12.8 Å². The Morgan fingerprint density at radius 2 is 0.960 bits per heavy atom. The molecule has 1 aliphatic carbocycles. The Balaban J connectivity index is 1.27. The van der Waals surface area contributed by atoms with Crippen molar-refractivity contribution in [3.8, 4) is 0 Å². The second kappa shape index (κ2) is 9.39. The lowest BCUT2D eigenvalue weighted by molar-refractivity contribution is -0.105. The highest BCUT2D eigenvalue weighted by molar-refractivity contribution is 8.07. The molecule has 144 valence electrons. The summed E-state index contributed by atoms with van der Waals surface area (Å²) in [4.78, 5) is 0. The highest BCUT2D eigenvalue weighted by Crippen LogP contribution is 2.34. The summed E-state index contributed by atoms with van der Waals surface area (Å²) in [5.74, 6) is 4.52. The summed E-state index contributed by atoms with van der Waals surface area (Å²) in [6, 6.07) is 0. The third-order valence-electron chi connectivity index (χ3n) is 4.80. The molecule has 3 atom stereocenters. The molecule has 3 saturated heterocycles. The molecule has 0 aromatic rings. The zero-order chi connectivity index (χ0) is 17.0. The van der Waals surface area contributed by atoms with E-state index in [9.17, 15) is 0 Å². The van der Waals surface area contributed by atoms with Gasteiger partial charge in [-0.2, -0.15) is 35.3 Å². The second-order valence-corrected chi connectivity index (χ2v) is 11.9. The quantitative estimate of drug-likeness (QED) is 0.365. The predicted molar refractivity (Wildman–Crippen MR) is 107 cm³/mol. The summed E-state index contributed by atoms with van der Waals surface area (Å²) in [6.45, 7) is 6.19. The van der Waals surface area contributed by atoms with Crippen molar-refractivity contribution in [2.75, 3.05) is 70.1 Å². The van der Waals surface area contributed by atoms with Gasteiger partial charge < -0.3 is 18.9 Å². The largest absolute Gasteiger partial charge is 0.380 e. The molecule has 0 spiro atoms. The van der Waals surface area contributed by atoms with Crippen LogP contribution < -0.4 is 0 Å². The fourth-order valence-electron chi connectivity index (χ4n) is 2.69. The molecule has 3 aliphatic heterocycles. The fourth-order valence-corrected chi connectivity index (χ4v) is 3.96. The fraction of sp³-hybridized carbons (Fsp3) is 1.00. The zero-order valence-corrected chi connectivity index (χ0v) is 17.3. The lowest BCUT2D eigenvalue weighted by atomic mass is 9.92. The molecular formula is C18H30O4S3. The summed E-state index contributed by atoms with van der Waals surface area (Å²) >= 11 is 5.95. The minimum atomic E-state index is -0.159. The highest BCUT2D eigenvalue weighted by Gasteiger charge is 2.36.